The van der Waals surface area contributed by atoms with E-state index in [0.29, 0.717) is 0 Å². The molecule has 0 spiro atoms. The molecule has 8 heteroatoms. The summed E-state index contributed by atoms with van der Waals surface area (Å²) < 4.78 is 21.1. The molecule has 0 aliphatic rings. The minimum Gasteiger partial charge on any atom is -0.462 e. The van der Waals surface area contributed by atoms with Gasteiger partial charge in [-0.25, -0.2) is 14.4 Å². The van der Waals surface area contributed by atoms with E-state index in [4.69, 9.17) is 18.6 Å². The second-order valence-electron chi connectivity index (χ2n) is 6.64. The van der Waals surface area contributed by atoms with E-state index in [2.05, 4.69) is 0 Å². The van der Waals surface area contributed by atoms with Gasteiger partial charge in [0.05, 0.1) is 41.7 Å². The predicted molar refractivity (Wildman–Crippen MR) is 113 cm³/mol. The molecule has 8 nitrogen and oxygen atoms in total. The van der Waals surface area contributed by atoms with Crippen molar-refractivity contribution in [2.75, 3.05) is 19.8 Å². The van der Waals surface area contributed by atoms with Crippen LogP contribution in [0.1, 0.15) is 57.4 Å². The number of carbonyl (C=O) groups is 3. The lowest BCUT2D eigenvalue weighted by atomic mass is 9.96. The van der Waals surface area contributed by atoms with Crippen molar-refractivity contribution in [1.82, 2.24) is 0 Å². The molecule has 0 aliphatic heterocycles. The number of carbonyl (C=O) groups excluding carboxylic acids is 3. The molecule has 0 N–H and O–H groups in total. The number of ether oxygens (including phenoxy) is 3. The second-order valence-corrected chi connectivity index (χ2v) is 6.64. The number of hydrogen-bond acceptors (Lipinski definition) is 8. The lowest BCUT2D eigenvalue weighted by Crippen LogP contribution is -2.21. The Bertz CT molecular complexity index is 1250. The van der Waals surface area contributed by atoms with Gasteiger partial charge in [-0.15, -0.1) is 0 Å². The molecule has 0 unspecified atom stereocenters. The van der Waals surface area contributed by atoms with Gasteiger partial charge >= 0.3 is 17.9 Å². The molecular weight excluding hydrogens is 404 g/mol. The topological polar surface area (TPSA) is 109 Å². The van der Waals surface area contributed by atoms with Gasteiger partial charge < -0.3 is 18.6 Å². The van der Waals surface area contributed by atoms with Crippen LogP contribution in [0.25, 0.3) is 21.9 Å². The first-order valence-electron chi connectivity index (χ1n) is 9.89. The maximum absolute atomic E-state index is 13.2. The fourth-order valence-corrected chi connectivity index (χ4v) is 3.29. The van der Waals surface area contributed by atoms with Crippen molar-refractivity contribution in [3.8, 4) is 0 Å². The SMILES string of the molecule is CCOC(=O)c1cc2c(=O)c3cc(C)ccc3oc2c(C(=O)OCC)c1C(=O)OCC. The first kappa shape index (κ1) is 22.0. The standard InChI is InChI=1S/C23H22O8/c1-5-28-21(25)14-11-15-19(24)13-10-12(4)8-9-16(13)31-20(15)18(23(27)30-7-3)17(14)22(26)29-6-2/h8-11H,5-7H2,1-4H3. The van der Waals surface area contributed by atoms with Gasteiger partial charge in [0.25, 0.3) is 0 Å². The van der Waals surface area contributed by atoms with E-state index in [1.807, 2.05) is 6.92 Å². The number of rotatable bonds is 6. The highest BCUT2D eigenvalue weighted by atomic mass is 16.5. The molecule has 2 aromatic carbocycles. The Morgan fingerprint density at radius 2 is 1.39 bits per heavy atom. The number of esters is 3. The van der Waals surface area contributed by atoms with Crippen molar-refractivity contribution in [2.24, 2.45) is 0 Å². The fraction of sp³-hybridized carbons (Fsp3) is 0.304. The van der Waals surface area contributed by atoms with Crippen LogP contribution in [-0.4, -0.2) is 37.7 Å². The lowest BCUT2D eigenvalue weighted by molar-refractivity contribution is 0.0459. The van der Waals surface area contributed by atoms with Crippen LogP contribution in [0.4, 0.5) is 0 Å². The quantitative estimate of drug-likeness (QED) is 0.333. The normalized spacial score (nSPS) is 10.8. The van der Waals surface area contributed by atoms with E-state index < -0.39 is 23.3 Å². The third-order valence-corrected chi connectivity index (χ3v) is 4.57. The molecule has 1 heterocycles. The van der Waals surface area contributed by atoms with Gasteiger partial charge in [0.15, 0.2) is 5.58 Å². The minimum atomic E-state index is -0.929. The Kier molecular flexibility index (Phi) is 6.39. The van der Waals surface area contributed by atoms with E-state index in [1.165, 1.54) is 6.07 Å². The third-order valence-electron chi connectivity index (χ3n) is 4.57. The van der Waals surface area contributed by atoms with Gasteiger partial charge in [-0.05, 0) is 45.9 Å². The van der Waals surface area contributed by atoms with Crippen molar-refractivity contribution in [3.63, 3.8) is 0 Å². The van der Waals surface area contributed by atoms with Crippen LogP contribution in [0.3, 0.4) is 0 Å². The number of aryl methyl sites for hydroxylation is 1. The number of hydrogen-bond donors (Lipinski definition) is 0. The summed E-state index contributed by atoms with van der Waals surface area (Å²) in [5.74, 6) is -2.72. The lowest BCUT2D eigenvalue weighted by Gasteiger charge is -2.15. The highest BCUT2D eigenvalue weighted by Crippen LogP contribution is 2.30. The van der Waals surface area contributed by atoms with Crippen molar-refractivity contribution in [3.05, 3.63) is 56.7 Å². The van der Waals surface area contributed by atoms with Crippen LogP contribution in [-0.2, 0) is 14.2 Å². The molecule has 0 saturated heterocycles. The zero-order chi connectivity index (χ0) is 22.7. The first-order valence-corrected chi connectivity index (χ1v) is 9.89. The van der Waals surface area contributed by atoms with Gasteiger partial charge in [-0.2, -0.15) is 0 Å². The maximum atomic E-state index is 13.2. The fourth-order valence-electron chi connectivity index (χ4n) is 3.29. The van der Waals surface area contributed by atoms with Crippen LogP contribution in [0.15, 0.2) is 33.5 Å². The second kappa shape index (κ2) is 8.99. The van der Waals surface area contributed by atoms with Crippen molar-refractivity contribution in [2.45, 2.75) is 27.7 Å². The molecule has 162 valence electrons. The molecule has 0 fully saturated rings. The van der Waals surface area contributed by atoms with E-state index in [1.54, 1.807) is 39.0 Å². The summed E-state index contributed by atoms with van der Waals surface area (Å²) in [4.78, 5) is 51.6. The first-order chi connectivity index (χ1) is 14.8. The molecule has 0 aliphatic carbocycles. The molecule has 0 saturated carbocycles. The summed E-state index contributed by atoms with van der Waals surface area (Å²) in [6.07, 6.45) is 0. The average Bonchev–Trinajstić information content (AvgIpc) is 2.73. The molecule has 0 amide bonds. The van der Waals surface area contributed by atoms with Crippen LogP contribution >= 0.6 is 0 Å². The summed E-state index contributed by atoms with van der Waals surface area (Å²) in [7, 11) is 0. The summed E-state index contributed by atoms with van der Waals surface area (Å²) >= 11 is 0. The monoisotopic (exact) mass is 426 g/mol. The summed E-state index contributed by atoms with van der Waals surface area (Å²) in [6, 6.07) is 6.20. The van der Waals surface area contributed by atoms with E-state index >= 15 is 0 Å². The molecule has 31 heavy (non-hydrogen) atoms. The maximum Gasteiger partial charge on any atom is 0.342 e. The molecule has 0 radical (unpaired) electrons. The number of fused-ring (bicyclic) bond motifs is 2. The summed E-state index contributed by atoms with van der Waals surface area (Å²) in [6.45, 7) is 6.63. The van der Waals surface area contributed by atoms with E-state index in [-0.39, 0.29) is 58.4 Å². The van der Waals surface area contributed by atoms with Gasteiger partial charge in [0.1, 0.15) is 11.1 Å². The van der Waals surface area contributed by atoms with Gasteiger partial charge in [-0.3, -0.25) is 4.79 Å². The Morgan fingerprint density at radius 1 is 0.806 bits per heavy atom. The van der Waals surface area contributed by atoms with E-state index in [0.717, 1.165) is 5.56 Å². The third kappa shape index (κ3) is 4.01. The number of benzene rings is 2. The highest BCUT2D eigenvalue weighted by molar-refractivity contribution is 6.17. The summed E-state index contributed by atoms with van der Waals surface area (Å²) in [5, 5.41) is 0.234. The Hall–Kier alpha value is -3.68. The molecular formula is C23H22O8. The molecule has 0 atom stereocenters. The molecule has 0 bridgehead atoms. The molecule has 1 aromatic heterocycles. The zero-order valence-corrected chi connectivity index (χ0v) is 17.7. The smallest absolute Gasteiger partial charge is 0.342 e. The van der Waals surface area contributed by atoms with Crippen molar-refractivity contribution < 1.29 is 33.0 Å². The van der Waals surface area contributed by atoms with Gasteiger partial charge in [0, 0.05) is 0 Å². The summed E-state index contributed by atoms with van der Waals surface area (Å²) in [5.41, 5.74) is -0.523. The molecule has 3 aromatic rings. The Morgan fingerprint density at radius 3 is 2.00 bits per heavy atom. The van der Waals surface area contributed by atoms with Crippen molar-refractivity contribution in [1.29, 1.82) is 0 Å². The predicted octanol–water partition coefficient (Wildman–Crippen LogP) is 3.78. The molecule has 3 rings (SSSR count). The largest absolute Gasteiger partial charge is 0.462 e. The van der Waals surface area contributed by atoms with Crippen molar-refractivity contribution >= 4 is 39.8 Å². The Labute approximate surface area is 177 Å². The highest BCUT2D eigenvalue weighted by Gasteiger charge is 2.32. The minimum absolute atomic E-state index is 0.00233. The van der Waals surface area contributed by atoms with Gasteiger partial charge in [-0.1, -0.05) is 11.6 Å². The average molecular weight is 426 g/mol. The zero-order valence-electron chi connectivity index (χ0n) is 17.7. The Balaban J connectivity index is 2.54. The van der Waals surface area contributed by atoms with Crippen LogP contribution in [0.5, 0.6) is 0 Å². The van der Waals surface area contributed by atoms with Crippen LogP contribution in [0.2, 0.25) is 0 Å². The van der Waals surface area contributed by atoms with Crippen LogP contribution < -0.4 is 5.43 Å². The van der Waals surface area contributed by atoms with E-state index in [9.17, 15) is 19.2 Å². The van der Waals surface area contributed by atoms with Crippen LogP contribution in [0, 0.1) is 6.92 Å². The van der Waals surface area contributed by atoms with Gasteiger partial charge in [0.2, 0.25) is 5.43 Å².